The van der Waals surface area contributed by atoms with Crippen LogP contribution in [0.4, 0.5) is 0 Å². The molecule has 4 nitrogen and oxygen atoms in total. The first-order valence-corrected chi connectivity index (χ1v) is 7.98. The normalized spacial score (nSPS) is 19.4. The predicted molar refractivity (Wildman–Crippen MR) is 92.7 cm³/mol. The van der Waals surface area contributed by atoms with Crippen molar-refractivity contribution in [2.75, 3.05) is 0 Å². The van der Waals surface area contributed by atoms with Crippen molar-refractivity contribution in [1.82, 2.24) is 0 Å². The fourth-order valence-electron chi connectivity index (χ4n) is 3.39. The molecule has 0 saturated heterocycles. The van der Waals surface area contributed by atoms with E-state index >= 15 is 0 Å². The van der Waals surface area contributed by atoms with E-state index in [-0.39, 0.29) is 23.4 Å². The highest BCUT2D eigenvalue weighted by molar-refractivity contribution is 5.94. The molecule has 2 atom stereocenters. The summed E-state index contributed by atoms with van der Waals surface area (Å²) in [6.07, 6.45) is 0.766. The van der Waals surface area contributed by atoms with Crippen molar-refractivity contribution in [3.63, 3.8) is 0 Å². The molecule has 1 amide bonds. The standard InChI is InChI=1S/C20H17NO3/c1-11-4-2-3-5-13(11)16-10-19(22)24-18-8-12(6-7-14(16)18)15-9-17(15)20(21)23/h2-8,10,15,17H,9H2,1H3,(H2,21,23)/t15-,17+/m1/s1. The Balaban J connectivity index is 1.87. The molecule has 0 spiro atoms. The summed E-state index contributed by atoms with van der Waals surface area (Å²) in [4.78, 5) is 23.3. The van der Waals surface area contributed by atoms with Crippen molar-refractivity contribution in [2.45, 2.75) is 19.3 Å². The van der Waals surface area contributed by atoms with Crippen LogP contribution in [0.3, 0.4) is 0 Å². The summed E-state index contributed by atoms with van der Waals surface area (Å²) in [5.41, 5.74) is 9.53. The Bertz CT molecular complexity index is 1020. The van der Waals surface area contributed by atoms with E-state index in [1.165, 1.54) is 6.07 Å². The lowest BCUT2D eigenvalue weighted by atomic mass is 9.96. The van der Waals surface area contributed by atoms with Crippen molar-refractivity contribution in [3.8, 4) is 11.1 Å². The molecule has 1 saturated carbocycles. The largest absolute Gasteiger partial charge is 0.423 e. The van der Waals surface area contributed by atoms with Gasteiger partial charge in [-0.2, -0.15) is 0 Å². The van der Waals surface area contributed by atoms with E-state index in [2.05, 4.69) is 0 Å². The third kappa shape index (κ3) is 2.40. The Morgan fingerprint density at radius 2 is 1.92 bits per heavy atom. The third-order valence-electron chi connectivity index (χ3n) is 4.79. The highest BCUT2D eigenvalue weighted by Gasteiger charge is 2.42. The molecule has 1 aliphatic rings. The van der Waals surface area contributed by atoms with Crippen molar-refractivity contribution >= 4 is 16.9 Å². The van der Waals surface area contributed by atoms with E-state index in [0.29, 0.717) is 5.58 Å². The van der Waals surface area contributed by atoms with Gasteiger partial charge in [0, 0.05) is 22.9 Å². The number of fused-ring (bicyclic) bond motifs is 1. The summed E-state index contributed by atoms with van der Waals surface area (Å²) in [5, 5.41) is 0.893. The highest BCUT2D eigenvalue weighted by Crippen LogP contribution is 2.47. The van der Waals surface area contributed by atoms with Gasteiger partial charge in [-0.15, -0.1) is 0 Å². The van der Waals surface area contributed by atoms with Crippen LogP contribution in [0.25, 0.3) is 22.1 Å². The SMILES string of the molecule is Cc1ccccc1-c1cc(=O)oc2cc([C@H]3C[C@@H]3C(N)=O)ccc12. The summed E-state index contributed by atoms with van der Waals surface area (Å²) in [6, 6.07) is 15.3. The molecule has 24 heavy (non-hydrogen) atoms. The van der Waals surface area contributed by atoms with Crippen LogP contribution in [-0.4, -0.2) is 5.91 Å². The van der Waals surface area contributed by atoms with Crippen LogP contribution in [0.5, 0.6) is 0 Å². The molecule has 4 rings (SSSR count). The average Bonchev–Trinajstić information content (AvgIpc) is 3.35. The van der Waals surface area contributed by atoms with Crippen molar-refractivity contribution in [3.05, 3.63) is 70.1 Å². The minimum Gasteiger partial charge on any atom is -0.423 e. The number of rotatable bonds is 3. The molecule has 1 aliphatic carbocycles. The van der Waals surface area contributed by atoms with Gasteiger partial charge in [0.2, 0.25) is 5.91 Å². The van der Waals surface area contributed by atoms with Gasteiger partial charge in [-0.1, -0.05) is 36.4 Å². The van der Waals surface area contributed by atoms with Gasteiger partial charge >= 0.3 is 5.63 Å². The lowest BCUT2D eigenvalue weighted by molar-refractivity contribution is -0.119. The van der Waals surface area contributed by atoms with Gasteiger partial charge in [-0.05, 0) is 42.0 Å². The number of carbonyl (C=O) groups is 1. The maximum Gasteiger partial charge on any atom is 0.336 e. The summed E-state index contributed by atoms with van der Waals surface area (Å²) >= 11 is 0. The Hall–Kier alpha value is -2.88. The highest BCUT2D eigenvalue weighted by atomic mass is 16.4. The van der Waals surface area contributed by atoms with Crippen LogP contribution < -0.4 is 11.4 Å². The van der Waals surface area contributed by atoms with Crippen molar-refractivity contribution in [2.24, 2.45) is 11.7 Å². The zero-order chi connectivity index (χ0) is 16.8. The molecule has 1 aromatic heterocycles. The first-order chi connectivity index (χ1) is 11.5. The van der Waals surface area contributed by atoms with Gasteiger partial charge in [0.1, 0.15) is 5.58 Å². The second kappa shape index (κ2) is 5.34. The molecule has 4 heteroatoms. The number of hydrogen-bond acceptors (Lipinski definition) is 3. The maximum absolute atomic E-state index is 12.0. The maximum atomic E-state index is 12.0. The van der Waals surface area contributed by atoms with Crippen LogP contribution in [0, 0.1) is 12.8 Å². The lowest BCUT2D eigenvalue weighted by Gasteiger charge is -2.09. The smallest absolute Gasteiger partial charge is 0.336 e. The van der Waals surface area contributed by atoms with E-state index < -0.39 is 0 Å². The molecule has 2 N–H and O–H groups in total. The summed E-state index contributed by atoms with van der Waals surface area (Å²) in [6.45, 7) is 2.02. The average molecular weight is 319 g/mol. The van der Waals surface area contributed by atoms with Crippen LogP contribution in [0.2, 0.25) is 0 Å². The number of nitrogens with two attached hydrogens (primary N) is 1. The molecular formula is C20H17NO3. The van der Waals surface area contributed by atoms with Crippen molar-refractivity contribution in [1.29, 1.82) is 0 Å². The number of amides is 1. The Labute approximate surface area is 138 Å². The number of carbonyl (C=O) groups excluding carboxylic acids is 1. The molecule has 0 radical (unpaired) electrons. The number of aryl methyl sites for hydroxylation is 1. The zero-order valence-electron chi connectivity index (χ0n) is 13.3. The number of benzene rings is 2. The molecule has 1 fully saturated rings. The van der Waals surface area contributed by atoms with Crippen LogP contribution in [-0.2, 0) is 4.79 Å². The van der Waals surface area contributed by atoms with Gasteiger partial charge in [-0.25, -0.2) is 4.79 Å². The van der Waals surface area contributed by atoms with E-state index in [1.54, 1.807) is 0 Å². The number of primary amides is 1. The molecule has 1 heterocycles. The van der Waals surface area contributed by atoms with Crippen LogP contribution >= 0.6 is 0 Å². The summed E-state index contributed by atoms with van der Waals surface area (Å²) in [7, 11) is 0. The topological polar surface area (TPSA) is 73.3 Å². The molecular weight excluding hydrogens is 302 g/mol. The minimum atomic E-state index is -0.375. The van der Waals surface area contributed by atoms with E-state index in [4.69, 9.17) is 10.2 Å². The molecule has 0 aliphatic heterocycles. The van der Waals surface area contributed by atoms with E-state index in [0.717, 1.165) is 34.1 Å². The van der Waals surface area contributed by atoms with Gasteiger partial charge in [0.05, 0.1) is 0 Å². The van der Waals surface area contributed by atoms with E-state index in [9.17, 15) is 9.59 Å². The number of hydrogen-bond donors (Lipinski definition) is 1. The van der Waals surface area contributed by atoms with E-state index in [1.807, 2.05) is 49.4 Å². The molecule has 3 aromatic rings. The molecule has 0 bridgehead atoms. The monoisotopic (exact) mass is 319 g/mol. The van der Waals surface area contributed by atoms with Gasteiger partial charge in [0.15, 0.2) is 0 Å². The Morgan fingerprint density at radius 1 is 1.12 bits per heavy atom. The van der Waals surface area contributed by atoms with Gasteiger partial charge in [-0.3, -0.25) is 4.79 Å². The minimum absolute atomic E-state index is 0.103. The molecule has 120 valence electrons. The molecule has 0 unspecified atom stereocenters. The zero-order valence-corrected chi connectivity index (χ0v) is 13.3. The predicted octanol–water partition coefficient (Wildman–Crippen LogP) is 3.36. The van der Waals surface area contributed by atoms with Crippen molar-refractivity contribution < 1.29 is 9.21 Å². The quantitative estimate of drug-likeness (QED) is 0.752. The lowest BCUT2D eigenvalue weighted by Crippen LogP contribution is -2.13. The van der Waals surface area contributed by atoms with Crippen LogP contribution in [0.15, 0.2) is 57.7 Å². The summed E-state index contributed by atoms with van der Waals surface area (Å²) < 4.78 is 5.41. The third-order valence-corrected chi connectivity index (χ3v) is 4.79. The van der Waals surface area contributed by atoms with Crippen LogP contribution in [0.1, 0.15) is 23.5 Å². The van der Waals surface area contributed by atoms with Gasteiger partial charge in [0.25, 0.3) is 0 Å². The fraction of sp³-hybridized carbons (Fsp3) is 0.200. The fourth-order valence-corrected chi connectivity index (χ4v) is 3.39. The first kappa shape index (κ1) is 14.7. The van der Waals surface area contributed by atoms with Gasteiger partial charge < -0.3 is 10.2 Å². The summed E-state index contributed by atoms with van der Waals surface area (Å²) in [5.74, 6) is -0.233. The second-order valence-electron chi connectivity index (χ2n) is 6.40. The molecule has 2 aromatic carbocycles. The Morgan fingerprint density at radius 3 is 2.62 bits per heavy atom. The first-order valence-electron chi connectivity index (χ1n) is 7.98. The second-order valence-corrected chi connectivity index (χ2v) is 6.40. The Kier molecular flexibility index (Phi) is 3.27.